The Morgan fingerprint density at radius 3 is 2.03 bits per heavy atom. The summed E-state index contributed by atoms with van der Waals surface area (Å²) in [5.74, 6) is -0.315. The second-order valence-electron chi connectivity index (χ2n) is 8.90. The zero-order chi connectivity index (χ0) is 26.1. The number of hydrazone groups is 1. The predicted molar refractivity (Wildman–Crippen MR) is 158 cm³/mol. The molecule has 1 atom stereocenters. The molecule has 1 amide bonds. The van der Waals surface area contributed by atoms with Crippen molar-refractivity contribution in [3.05, 3.63) is 137 Å². The second kappa shape index (κ2) is 10.0. The summed E-state index contributed by atoms with van der Waals surface area (Å²) in [7, 11) is 0. The molecule has 0 aromatic heterocycles. The van der Waals surface area contributed by atoms with Crippen molar-refractivity contribution in [3.8, 4) is 0 Å². The van der Waals surface area contributed by atoms with Crippen LogP contribution in [-0.4, -0.2) is 21.1 Å². The van der Waals surface area contributed by atoms with Crippen molar-refractivity contribution in [2.45, 2.75) is 11.3 Å². The Morgan fingerprint density at radius 1 is 0.763 bits per heavy atom. The molecule has 1 saturated heterocycles. The normalized spacial score (nSPS) is 19.9. The molecule has 2 heterocycles. The van der Waals surface area contributed by atoms with Crippen molar-refractivity contribution in [2.75, 3.05) is 9.91 Å². The first-order valence-corrected chi connectivity index (χ1v) is 13.8. The summed E-state index contributed by atoms with van der Waals surface area (Å²) in [6, 6.07) is 36.5. The maximum atomic E-state index is 14.1. The Bertz CT molecular complexity index is 1560. The molecule has 38 heavy (non-hydrogen) atoms. The number of hydrogen-bond acceptors (Lipinski definition) is 6. The van der Waals surface area contributed by atoms with Gasteiger partial charge in [0.05, 0.1) is 10.6 Å². The van der Waals surface area contributed by atoms with Crippen LogP contribution in [0.1, 0.15) is 21.5 Å². The lowest BCUT2D eigenvalue weighted by Gasteiger charge is -2.38. The lowest BCUT2D eigenvalue weighted by Crippen LogP contribution is -2.51. The number of para-hydroxylation sites is 1. The molecule has 6 rings (SSSR count). The van der Waals surface area contributed by atoms with E-state index in [-0.39, 0.29) is 11.7 Å². The lowest BCUT2D eigenvalue weighted by atomic mass is 10.1. The number of Topliss-reactive ketones (excluding diaryl/α,β-unsaturated/α-hetero) is 1. The highest BCUT2D eigenvalue weighted by molar-refractivity contribution is 8.29. The standard InChI is InChI=1S/C31H23N3O2S2/c1-22-17-19-26(20-18-22)34-31(38-29(32-34)28(35)24-13-7-3-8-14-24)33(25-15-9-4-10-16-25)30(36)27(37-31)21-23-11-5-2-6-12-23/h2-21H,1H3/b27-21+/t31-/m1/s1. The molecule has 0 unspecified atom stereocenters. The van der Waals surface area contributed by atoms with E-state index >= 15 is 0 Å². The van der Waals surface area contributed by atoms with E-state index in [1.54, 1.807) is 17.0 Å². The molecule has 4 aromatic rings. The van der Waals surface area contributed by atoms with Crippen molar-refractivity contribution in [2.24, 2.45) is 5.10 Å². The summed E-state index contributed by atoms with van der Waals surface area (Å²) in [5, 5.41) is 7.02. The van der Waals surface area contributed by atoms with Crippen LogP contribution in [0, 0.1) is 6.92 Å². The first kappa shape index (κ1) is 24.3. The number of hydrogen-bond donors (Lipinski definition) is 0. The lowest BCUT2D eigenvalue weighted by molar-refractivity contribution is -0.114. The fraction of sp³-hybridized carbons (Fsp3) is 0.0645. The van der Waals surface area contributed by atoms with E-state index in [0.717, 1.165) is 22.5 Å². The van der Waals surface area contributed by atoms with Crippen molar-refractivity contribution in [1.29, 1.82) is 0 Å². The fourth-order valence-corrected chi connectivity index (χ4v) is 7.32. The third-order valence-electron chi connectivity index (χ3n) is 6.25. The van der Waals surface area contributed by atoms with Gasteiger partial charge in [0.15, 0.2) is 5.04 Å². The molecule has 1 spiro atoms. The molecule has 0 radical (unpaired) electrons. The van der Waals surface area contributed by atoms with Crippen LogP contribution in [0.15, 0.2) is 125 Å². The molecule has 4 aromatic carbocycles. The van der Waals surface area contributed by atoms with Crippen molar-refractivity contribution >= 4 is 57.7 Å². The van der Waals surface area contributed by atoms with Crippen LogP contribution in [0.4, 0.5) is 11.4 Å². The number of aryl methyl sites for hydroxylation is 1. The number of benzene rings is 4. The van der Waals surface area contributed by atoms with Gasteiger partial charge in [-0.1, -0.05) is 108 Å². The molecule has 5 nitrogen and oxygen atoms in total. The molecule has 0 N–H and O–H groups in total. The average molecular weight is 534 g/mol. The van der Waals surface area contributed by atoms with Gasteiger partial charge < -0.3 is 0 Å². The summed E-state index contributed by atoms with van der Waals surface area (Å²) in [6.07, 6.45) is 1.91. The van der Waals surface area contributed by atoms with Crippen molar-refractivity contribution < 1.29 is 9.59 Å². The van der Waals surface area contributed by atoms with Crippen molar-refractivity contribution in [3.63, 3.8) is 0 Å². The number of anilines is 2. The Kier molecular flexibility index (Phi) is 6.39. The van der Waals surface area contributed by atoms with Gasteiger partial charge in [0, 0.05) is 11.3 Å². The van der Waals surface area contributed by atoms with E-state index in [9.17, 15) is 9.59 Å². The van der Waals surface area contributed by atoms with Gasteiger partial charge in [0.25, 0.3) is 5.91 Å². The SMILES string of the molecule is Cc1ccc(N2N=C(C(=O)c3ccccc3)S[C@@]23S/C(=C/c2ccccc2)C(=O)N3c2ccccc2)cc1. The van der Waals surface area contributed by atoms with E-state index in [2.05, 4.69) is 0 Å². The number of nitrogens with zero attached hydrogens (tertiary/aromatic N) is 3. The third kappa shape index (κ3) is 4.34. The average Bonchev–Trinajstić information content (AvgIpc) is 3.46. The minimum Gasteiger partial charge on any atom is -0.286 e. The van der Waals surface area contributed by atoms with E-state index in [4.69, 9.17) is 5.10 Å². The van der Waals surface area contributed by atoms with E-state index in [0.29, 0.717) is 15.5 Å². The highest BCUT2D eigenvalue weighted by Gasteiger charge is 2.60. The Labute approximate surface area is 229 Å². The summed E-state index contributed by atoms with van der Waals surface area (Å²) in [6.45, 7) is 2.02. The Morgan fingerprint density at radius 2 is 1.37 bits per heavy atom. The minimum absolute atomic E-state index is 0.140. The van der Waals surface area contributed by atoms with Crippen LogP contribution in [0.5, 0.6) is 0 Å². The molecule has 0 saturated carbocycles. The zero-order valence-electron chi connectivity index (χ0n) is 20.5. The second-order valence-corrected chi connectivity index (χ2v) is 11.5. The molecular formula is C31H23N3O2S2. The number of ketones is 1. The number of carbonyl (C=O) groups is 2. The third-order valence-corrected chi connectivity index (χ3v) is 8.96. The van der Waals surface area contributed by atoms with Crippen molar-refractivity contribution in [1.82, 2.24) is 0 Å². The van der Waals surface area contributed by atoms with Gasteiger partial charge in [-0.25, -0.2) is 5.01 Å². The Hall–Kier alpha value is -4.07. The van der Waals surface area contributed by atoms with Crippen LogP contribution in [0.25, 0.3) is 6.08 Å². The maximum absolute atomic E-state index is 14.1. The molecule has 2 aliphatic heterocycles. The maximum Gasteiger partial charge on any atom is 0.268 e. The van der Waals surface area contributed by atoms with Gasteiger partial charge in [-0.3, -0.25) is 14.5 Å². The van der Waals surface area contributed by atoms with E-state index < -0.39 is 4.33 Å². The largest absolute Gasteiger partial charge is 0.286 e. The van der Waals surface area contributed by atoms with Crippen LogP contribution < -0.4 is 9.91 Å². The molecular weight excluding hydrogens is 510 g/mol. The molecule has 7 heteroatoms. The zero-order valence-corrected chi connectivity index (χ0v) is 22.2. The summed E-state index contributed by atoms with van der Waals surface area (Å²) in [4.78, 5) is 30.1. The van der Waals surface area contributed by atoms with Gasteiger partial charge in [-0.05, 0) is 54.6 Å². The summed E-state index contributed by atoms with van der Waals surface area (Å²) >= 11 is 2.71. The highest BCUT2D eigenvalue weighted by Crippen LogP contribution is 2.59. The quantitative estimate of drug-likeness (QED) is 0.201. The number of rotatable bonds is 5. The van der Waals surface area contributed by atoms with Gasteiger partial charge in [-0.2, -0.15) is 5.10 Å². The first-order valence-electron chi connectivity index (χ1n) is 12.1. The molecule has 2 aliphatic rings. The van der Waals surface area contributed by atoms with Crippen LogP contribution in [-0.2, 0) is 4.79 Å². The van der Waals surface area contributed by atoms with Crippen LogP contribution >= 0.6 is 23.5 Å². The minimum atomic E-state index is -1.06. The molecule has 0 aliphatic carbocycles. The van der Waals surface area contributed by atoms with Gasteiger partial charge in [0.2, 0.25) is 10.1 Å². The monoisotopic (exact) mass is 533 g/mol. The topological polar surface area (TPSA) is 53.0 Å². The van der Waals surface area contributed by atoms with Gasteiger partial charge >= 0.3 is 0 Å². The molecule has 1 fully saturated rings. The Balaban J connectivity index is 1.52. The fourth-order valence-electron chi connectivity index (χ4n) is 4.38. The van der Waals surface area contributed by atoms with E-state index in [1.807, 2.05) is 121 Å². The van der Waals surface area contributed by atoms with Gasteiger partial charge in [0.1, 0.15) is 0 Å². The van der Waals surface area contributed by atoms with Gasteiger partial charge in [-0.15, -0.1) is 0 Å². The number of carbonyl (C=O) groups excluding carboxylic acids is 2. The first-order chi connectivity index (χ1) is 18.5. The number of thioether (sulfide) groups is 2. The number of amides is 1. The highest BCUT2D eigenvalue weighted by atomic mass is 32.2. The summed E-state index contributed by atoms with van der Waals surface area (Å²) in [5.41, 5.74) is 4.12. The molecule has 0 bridgehead atoms. The van der Waals surface area contributed by atoms with Crippen LogP contribution in [0.3, 0.4) is 0 Å². The molecule has 186 valence electrons. The smallest absolute Gasteiger partial charge is 0.268 e. The predicted octanol–water partition coefficient (Wildman–Crippen LogP) is 7.18. The van der Waals surface area contributed by atoms with E-state index in [1.165, 1.54) is 23.5 Å². The van der Waals surface area contributed by atoms with Crippen LogP contribution in [0.2, 0.25) is 0 Å². The summed E-state index contributed by atoms with van der Waals surface area (Å²) < 4.78 is -1.06.